The Morgan fingerprint density at radius 1 is 1.53 bits per heavy atom. The molecule has 0 amide bonds. The summed E-state index contributed by atoms with van der Waals surface area (Å²) in [5, 5.41) is 0. The van der Waals surface area contributed by atoms with Crippen molar-refractivity contribution in [1.82, 2.24) is 0 Å². The molecule has 2 nitrogen and oxygen atoms in total. The number of hydrogen-bond acceptors (Lipinski definition) is 2. The molecular weight excluding hydrogens is 188 g/mol. The monoisotopic (exact) mass is 202 g/mol. The molecule has 2 rings (SSSR count). The van der Waals surface area contributed by atoms with Crippen molar-refractivity contribution in [3.05, 3.63) is 42.5 Å². The van der Waals surface area contributed by atoms with Crippen LogP contribution in [0.25, 0.3) is 0 Å². The predicted molar refractivity (Wildman–Crippen MR) is 59.0 cm³/mol. The van der Waals surface area contributed by atoms with E-state index in [1.807, 2.05) is 24.3 Å². The number of ketones is 1. The average Bonchev–Trinajstić information content (AvgIpc) is 2.69. The van der Waals surface area contributed by atoms with Crippen LogP contribution in [0.2, 0.25) is 0 Å². The number of rotatable bonds is 4. The van der Waals surface area contributed by atoms with E-state index >= 15 is 0 Å². The molecule has 0 saturated heterocycles. The van der Waals surface area contributed by atoms with Gasteiger partial charge in [-0.15, -0.1) is 6.58 Å². The number of ether oxygens (including phenoxy) is 1. The molecule has 78 valence electrons. The van der Waals surface area contributed by atoms with Crippen LogP contribution in [-0.4, -0.2) is 11.9 Å². The van der Waals surface area contributed by atoms with Gasteiger partial charge in [-0.1, -0.05) is 24.3 Å². The minimum Gasteiger partial charge on any atom is -0.482 e. The van der Waals surface area contributed by atoms with E-state index in [1.54, 1.807) is 6.08 Å². The number of carbonyl (C=O) groups is 1. The summed E-state index contributed by atoms with van der Waals surface area (Å²) in [6.07, 6.45) is 3.46. The molecule has 0 aromatic heterocycles. The Kier molecular flexibility index (Phi) is 2.86. The zero-order chi connectivity index (χ0) is 10.7. The van der Waals surface area contributed by atoms with E-state index in [-0.39, 0.29) is 11.9 Å². The van der Waals surface area contributed by atoms with Gasteiger partial charge in [-0.3, -0.25) is 4.79 Å². The molecule has 0 fully saturated rings. The van der Waals surface area contributed by atoms with Crippen molar-refractivity contribution < 1.29 is 9.53 Å². The van der Waals surface area contributed by atoms with Gasteiger partial charge in [0.15, 0.2) is 11.9 Å². The lowest BCUT2D eigenvalue weighted by molar-refractivity contribution is -0.125. The Balaban J connectivity index is 2.00. The van der Waals surface area contributed by atoms with Crippen LogP contribution in [0.15, 0.2) is 36.9 Å². The van der Waals surface area contributed by atoms with Gasteiger partial charge >= 0.3 is 0 Å². The first kappa shape index (κ1) is 9.97. The second kappa shape index (κ2) is 4.30. The van der Waals surface area contributed by atoms with Crippen molar-refractivity contribution in [2.45, 2.75) is 25.4 Å². The summed E-state index contributed by atoms with van der Waals surface area (Å²) >= 11 is 0. The number of hydrogen-bond donors (Lipinski definition) is 0. The summed E-state index contributed by atoms with van der Waals surface area (Å²) < 4.78 is 5.58. The van der Waals surface area contributed by atoms with Gasteiger partial charge in [0.2, 0.25) is 0 Å². The topological polar surface area (TPSA) is 26.3 Å². The molecule has 0 radical (unpaired) electrons. The minimum atomic E-state index is -0.276. The largest absolute Gasteiger partial charge is 0.482 e. The fraction of sp³-hybridized carbons (Fsp3) is 0.308. The van der Waals surface area contributed by atoms with Gasteiger partial charge in [-0.2, -0.15) is 0 Å². The number of para-hydroxylation sites is 1. The van der Waals surface area contributed by atoms with E-state index < -0.39 is 0 Å². The van der Waals surface area contributed by atoms with Crippen LogP contribution in [0, 0.1) is 0 Å². The first-order valence-electron chi connectivity index (χ1n) is 5.19. The molecule has 0 bridgehead atoms. The van der Waals surface area contributed by atoms with Crippen LogP contribution >= 0.6 is 0 Å². The number of fused-ring (bicyclic) bond motifs is 1. The summed E-state index contributed by atoms with van der Waals surface area (Å²) in [5.74, 6) is 1.03. The van der Waals surface area contributed by atoms with Crippen LogP contribution < -0.4 is 4.74 Å². The quantitative estimate of drug-likeness (QED) is 0.701. The molecule has 0 saturated carbocycles. The van der Waals surface area contributed by atoms with Crippen LogP contribution in [0.5, 0.6) is 5.75 Å². The van der Waals surface area contributed by atoms with Gasteiger partial charge in [0.05, 0.1) is 0 Å². The Hall–Kier alpha value is -1.57. The van der Waals surface area contributed by atoms with Crippen LogP contribution in [0.3, 0.4) is 0 Å². The third kappa shape index (κ3) is 2.09. The van der Waals surface area contributed by atoms with Gasteiger partial charge in [-0.05, 0) is 18.1 Å². The number of carbonyl (C=O) groups excluding carboxylic acids is 1. The average molecular weight is 202 g/mol. The highest BCUT2D eigenvalue weighted by atomic mass is 16.5. The van der Waals surface area contributed by atoms with E-state index in [1.165, 1.54) is 0 Å². The maximum Gasteiger partial charge on any atom is 0.173 e. The second-order valence-electron chi connectivity index (χ2n) is 3.71. The van der Waals surface area contributed by atoms with Crippen molar-refractivity contribution in [2.24, 2.45) is 0 Å². The lowest BCUT2D eigenvalue weighted by atomic mass is 10.0. The molecule has 1 aromatic rings. The van der Waals surface area contributed by atoms with Gasteiger partial charge in [0.25, 0.3) is 0 Å². The standard InChI is InChI=1S/C13H14O2/c1-2-3-7-11(14)13-9-10-6-4-5-8-12(10)15-13/h2,4-6,8,13H,1,3,7,9H2/t13-/m1/s1. The van der Waals surface area contributed by atoms with E-state index in [2.05, 4.69) is 6.58 Å². The number of allylic oxidation sites excluding steroid dienone is 1. The van der Waals surface area contributed by atoms with E-state index in [0.717, 1.165) is 17.7 Å². The Labute approximate surface area is 89.6 Å². The lowest BCUT2D eigenvalue weighted by Crippen LogP contribution is -2.24. The fourth-order valence-corrected chi connectivity index (χ4v) is 1.77. The van der Waals surface area contributed by atoms with Crippen molar-refractivity contribution in [3.8, 4) is 5.75 Å². The Morgan fingerprint density at radius 3 is 3.07 bits per heavy atom. The molecule has 0 spiro atoms. The molecule has 15 heavy (non-hydrogen) atoms. The molecular formula is C13H14O2. The van der Waals surface area contributed by atoms with Crippen molar-refractivity contribution >= 4 is 5.78 Å². The van der Waals surface area contributed by atoms with Crippen LogP contribution in [0.1, 0.15) is 18.4 Å². The normalized spacial score (nSPS) is 18.0. The number of benzene rings is 1. The highest BCUT2D eigenvalue weighted by Gasteiger charge is 2.27. The van der Waals surface area contributed by atoms with Gasteiger partial charge in [-0.25, -0.2) is 0 Å². The molecule has 1 aliphatic rings. The lowest BCUT2D eigenvalue weighted by Gasteiger charge is -2.07. The smallest absolute Gasteiger partial charge is 0.173 e. The minimum absolute atomic E-state index is 0.172. The third-order valence-corrected chi connectivity index (χ3v) is 2.60. The summed E-state index contributed by atoms with van der Waals surface area (Å²) in [6, 6.07) is 7.82. The summed E-state index contributed by atoms with van der Waals surface area (Å²) in [5.41, 5.74) is 1.13. The molecule has 1 heterocycles. The summed E-state index contributed by atoms with van der Waals surface area (Å²) in [6.45, 7) is 3.61. The van der Waals surface area contributed by atoms with Crippen molar-refractivity contribution in [3.63, 3.8) is 0 Å². The molecule has 2 heteroatoms. The predicted octanol–water partition coefficient (Wildman–Crippen LogP) is 2.53. The summed E-state index contributed by atoms with van der Waals surface area (Å²) in [7, 11) is 0. The van der Waals surface area contributed by atoms with E-state index in [4.69, 9.17) is 4.74 Å². The first-order valence-corrected chi connectivity index (χ1v) is 5.19. The van der Waals surface area contributed by atoms with Crippen LogP contribution in [-0.2, 0) is 11.2 Å². The maximum absolute atomic E-state index is 11.7. The van der Waals surface area contributed by atoms with Crippen molar-refractivity contribution in [2.75, 3.05) is 0 Å². The highest BCUT2D eigenvalue weighted by Crippen LogP contribution is 2.28. The summed E-state index contributed by atoms with van der Waals surface area (Å²) in [4.78, 5) is 11.7. The third-order valence-electron chi connectivity index (χ3n) is 2.60. The molecule has 0 aliphatic carbocycles. The number of Topliss-reactive ketones (excluding diaryl/α,β-unsaturated/α-hetero) is 1. The van der Waals surface area contributed by atoms with Crippen molar-refractivity contribution in [1.29, 1.82) is 0 Å². The highest BCUT2D eigenvalue weighted by molar-refractivity contribution is 5.84. The van der Waals surface area contributed by atoms with Gasteiger partial charge < -0.3 is 4.74 Å². The molecule has 0 N–H and O–H groups in total. The fourth-order valence-electron chi connectivity index (χ4n) is 1.77. The first-order chi connectivity index (χ1) is 7.31. The maximum atomic E-state index is 11.7. The second-order valence-corrected chi connectivity index (χ2v) is 3.71. The molecule has 1 atom stereocenters. The SMILES string of the molecule is C=CCCC(=O)[C@H]1Cc2ccccc2O1. The zero-order valence-corrected chi connectivity index (χ0v) is 8.61. The Morgan fingerprint density at radius 2 is 2.33 bits per heavy atom. The van der Waals surface area contributed by atoms with Crippen LogP contribution in [0.4, 0.5) is 0 Å². The zero-order valence-electron chi connectivity index (χ0n) is 8.61. The van der Waals surface area contributed by atoms with Gasteiger partial charge in [0, 0.05) is 12.8 Å². The van der Waals surface area contributed by atoms with Gasteiger partial charge in [0.1, 0.15) is 5.75 Å². The molecule has 1 aromatic carbocycles. The Bertz CT molecular complexity index is 357. The van der Waals surface area contributed by atoms with E-state index in [9.17, 15) is 4.79 Å². The van der Waals surface area contributed by atoms with E-state index in [0.29, 0.717) is 12.8 Å². The molecule has 0 unspecified atom stereocenters. The molecule has 1 aliphatic heterocycles.